The van der Waals surface area contributed by atoms with Crippen molar-refractivity contribution in [2.45, 2.75) is 43.4 Å². The molecule has 3 heterocycles. The molecule has 0 bridgehead atoms. The summed E-state index contributed by atoms with van der Waals surface area (Å²) in [6.07, 6.45) is 1.35. The maximum atomic E-state index is 12.1. The highest BCUT2D eigenvalue weighted by Crippen LogP contribution is 2.54. The van der Waals surface area contributed by atoms with Crippen molar-refractivity contribution in [3.05, 3.63) is 9.93 Å². The van der Waals surface area contributed by atoms with Gasteiger partial charge in [-0.15, -0.1) is 11.8 Å². The molecule has 0 aromatic heterocycles. The average Bonchev–Trinajstić information content (AvgIpc) is 2.97. The predicted molar refractivity (Wildman–Crippen MR) is 79.6 cm³/mol. The van der Waals surface area contributed by atoms with Crippen molar-refractivity contribution in [1.29, 1.82) is 0 Å². The van der Waals surface area contributed by atoms with Crippen LogP contribution in [0, 0.1) is 5.92 Å². The van der Waals surface area contributed by atoms with E-state index in [9.17, 15) is 9.90 Å². The number of fused-ring (bicyclic) bond motifs is 1. The van der Waals surface area contributed by atoms with Crippen LogP contribution >= 0.6 is 23.5 Å². The van der Waals surface area contributed by atoms with Gasteiger partial charge < -0.3 is 15.3 Å². The third-order valence-electron chi connectivity index (χ3n) is 4.09. The van der Waals surface area contributed by atoms with E-state index in [0.717, 1.165) is 18.8 Å². The zero-order chi connectivity index (χ0) is 13.6. The number of rotatable bonds is 4. The van der Waals surface area contributed by atoms with Crippen LogP contribution in [0.4, 0.5) is 0 Å². The second-order valence-corrected chi connectivity index (χ2v) is 8.02. The zero-order valence-electron chi connectivity index (χ0n) is 11.3. The first kappa shape index (κ1) is 13.8. The molecule has 0 aromatic rings. The van der Waals surface area contributed by atoms with Gasteiger partial charge in [-0.25, -0.2) is 0 Å². The van der Waals surface area contributed by atoms with Crippen LogP contribution in [0.3, 0.4) is 0 Å². The van der Waals surface area contributed by atoms with Crippen LogP contribution in [-0.4, -0.2) is 45.7 Å². The summed E-state index contributed by atoms with van der Waals surface area (Å²) in [5.74, 6) is -0.103. The van der Waals surface area contributed by atoms with Gasteiger partial charge in [-0.2, -0.15) is 0 Å². The van der Waals surface area contributed by atoms with Crippen molar-refractivity contribution < 1.29 is 9.90 Å². The lowest BCUT2D eigenvalue weighted by Gasteiger charge is -2.44. The summed E-state index contributed by atoms with van der Waals surface area (Å²) in [5, 5.41) is 14.1. The van der Waals surface area contributed by atoms with Crippen LogP contribution in [0.15, 0.2) is 9.93 Å². The molecule has 2 N–H and O–H groups in total. The lowest BCUT2D eigenvalue weighted by Crippen LogP contribution is -2.60. The molecule has 4 nitrogen and oxygen atoms in total. The number of hydrogen-bond acceptors (Lipinski definition) is 5. The lowest BCUT2D eigenvalue weighted by atomic mass is 9.90. The molecular weight excluding hydrogens is 280 g/mol. The van der Waals surface area contributed by atoms with Gasteiger partial charge in [-0.3, -0.25) is 4.79 Å². The van der Waals surface area contributed by atoms with Gasteiger partial charge in [-0.1, -0.05) is 18.7 Å². The smallest absolute Gasteiger partial charge is 0.236 e. The molecule has 3 rings (SSSR count). The predicted octanol–water partition coefficient (Wildman–Crippen LogP) is 1.57. The zero-order valence-corrected chi connectivity index (χ0v) is 12.9. The van der Waals surface area contributed by atoms with Crippen LogP contribution in [0.2, 0.25) is 0 Å². The molecule has 3 aliphatic rings. The van der Waals surface area contributed by atoms with Gasteiger partial charge >= 0.3 is 0 Å². The highest BCUT2D eigenvalue weighted by molar-refractivity contribution is 8.23. The summed E-state index contributed by atoms with van der Waals surface area (Å²) < 4.78 is 1.28. The summed E-state index contributed by atoms with van der Waals surface area (Å²) in [7, 11) is 0. The fourth-order valence-corrected chi connectivity index (χ4v) is 6.10. The van der Waals surface area contributed by atoms with Gasteiger partial charge in [0.2, 0.25) is 5.91 Å². The van der Waals surface area contributed by atoms with Crippen molar-refractivity contribution >= 4 is 29.4 Å². The molecule has 0 aliphatic carbocycles. The summed E-state index contributed by atoms with van der Waals surface area (Å²) in [4.78, 5) is 14.0. The highest BCUT2D eigenvalue weighted by atomic mass is 32.2. The van der Waals surface area contributed by atoms with E-state index in [2.05, 4.69) is 5.32 Å². The topological polar surface area (TPSA) is 52.6 Å². The molecular formula is C13H20N2O2S2. The minimum atomic E-state index is -0.494. The van der Waals surface area contributed by atoms with Crippen LogP contribution in [0.1, 0.15) is 26.7 Å². The van der Waals surface area contributed by atoms with Crippen molar-refractivity contribution in [3.63, 3.8) is 0 Å². The first-order chi connectivity index (χ1) is 9.13. The Morgan fingerprint density at radius 1 is 1.63 bits per heavy atom. The van der Waals surface area contributed by atoms with Crippen LogP contribution < -0.4 is 5.32 Å². The van der Waals surface area contributed by atoms with Crippen molar-refractivity contribution in [2.75, 3.05) is 13.1 Å². The Kier molecular flexibility index (Phi) is 3.86. The van der Waals surface area contributed by atoms with E-state index in [1.807, 2.05) is 30.5 Å². The molecule has 1 unspecified atom stereocenters. The van der Waals surface area contributed by atoms with Gasteiger partial charge in [0.05, 0.1) is 16.3 Å². The Morgan fingerprint density at radius 3 is 3.05 bits per heavy atom. The van der Waals surface area contributed by atoms with Crippen LogP contribution in [-0.2, 0) is 4.79 Å². The average molecular weight is 300 g/mol. The number of hydrogen-bond donors (Lipinski definition) is 2. The minimum Gasteiger partial charge on any atom is -0.392 e. The first-order valence-corrected chi connectivity index (χ1v) is 8.65. The SMILES string of the molecule is CC[C@H](O)[C@@H]1C(=O)N2C(C)=C(SC3CCNC3)S[C@H]12. The third-order valence-corrected chi connectivity index (χ3v) is 7.17. The molecule has 2 saturated heterocycles. The second-order valence-electron chi connectivity index (χ2n) is 5.32. The molecule has 0 radical (unpaired) electrons. The standard InChI is InChI=1S/C13H20N2O2S2/c1-3-9(16)10-11(17)15-7(2)13(19-12(10)15)18-8-4-5-14-6-8/h8-10,12,14,16H,3-6H2,1-2H3/t8?,9-,10+,12+/m0/s1. The summed E-state index contributed by atoms with van der Waals surface area (Å²) in [5.41, 5.74) is 1.09. The molecule has 1 amide bonds. The summed E-state index contributed by atoms with van der Waals surface area (Å²) in [6.45, 7) is 6.12. The molecule has 0 saturated carbocycles. The summed E-state index contributed by atoms with van der Waals surface area (Å²) >= 11 is 3.67. The molecule has 19 heavy (non-hydrogen) atoms. The molecule has 0 spiro atoms. The fourth-order valence-electron chi connectivity index (χ4n) is 2.86. The molecule has 6 heteroatoms. The lowest BCUT2D eigenvalue weighted by molar-refractivity contribution is -0.153. The number of aliphatic hydroxyl groups excluding tert-OH is 1. The van der Waals surface area contributed by atoms with E-state index < -0.39 is 6.10 Å². The van der Waals surface area contributed by atoms with E-state index in [0.29, 0.717) is 11.7 Å². The number of nitrogens with one attached hydrogen (secondary N) is 1. The first-order valence-electron chi connectivity index (χ1n) is 6.89. The quantitative estimate of drug-likeness (QED) is 0.772. The molecule has 2 fully saturated rings. The molecule has 3 aliphatic heterocycles. The number of β-lactam (4-membered cyclic amide) rings is 1. The maximum Gasteiger partial charge on any atom is 0.236 e. The van der Waals surface area contributed by atoms with Gasteiger partial charge in [0.25, 0.3) is 0 Å². The van der Waals surface area contributed by atoms with E-state index in [4.69, 9.17) is 0 Å². The fraction of sp³-hybridized carbons (Fsp3) is 0.769. The number of allylic oxidation sites excluding steroid dienone is 1. The summed E-state index contributed by atoms with van der Waals surface area (Å²) in [6, 6.07) is 0. The number of carbonyl (C=O) groups is 1. The van der Waals surface area contributed by atoms with Gasteiger partial charge in [-0.05, 0) is 26.3 Å². The Bertz CT molecular complexity index is 421. The molecule has 0 aromatic carbocycles. The number of thioether (sulfide) groups is 2. The Labute approximate surface area is 122 Å². The van der Waals surface area contributed by atoms with Crippen LogP contribution in [0.5, 0.6) is 0 Å². The van der Waals surface area contributed by atoms with Crippen molar-refractivity contribution in [2.24, 2.45) is 5.92 Å². The minimum absolute atomic E-state index is 0.101. The largest absolute Gasteiger partial charge is 0.392 e. The number of nitrogens with zero attached hydrogens (tertiary/aromatic N) is 1. The van der Waals surface area contributed by atoms with E-state index >= 15 is 0 Å². The van der Waals surface area contributed by atoms with E-state index in [1.54, 1.807) is 11.8 Å². The van der Waals surface area contributed by atoms with Crippen LogP contribution in [0.25, 0.3) is 0 Å². The number of carbonyl (C=O) groups excluding carboxylic acids is 1. The van der Waals surface area contributed by atoms with Gasteiger partial charge in [0.15, 0.2) is 0 Å². The molecule has 4 atom stereocenters. The van der Waals surface area contributed by atoms with E-state index in [1.165, 1.54) is 10.7 Å². The Hall–Kier alpha value is -0.170. The number of aliphatic hydroxyl groups is 1. The van der Waals surface area contributed by atoms with E-state index in [-0.39, 0.29) is 17.2 Å². The van der Waals surface area contributed by atoms with Gasteiger partial charge in [0, 0.05) is 17.5 Å². The monoisotopic (exact) mass is 300 g/mol. The van der Waals surface area contributed by atoms with Crippen molar-refractivity contribution in [3.8, 4) is 0 Å². The second kappa shape index (κ2) is 5.31. The number of amides is 1. The Morgan fingerprint density at radius 2 is 2.42 bits per heavy atom. The molecule has 106 valence electrons. The normalized spacial score (nSPS) is 35.6. The third kappa shape index (κ3) is 2.22. The highest BCUT2D eigenvalue weighted by Gasteiger charge is 2.55. The maximum absolute atomic E-state index is 12.1. The Balaban J connectivity index is 1.68. The van der Waals surface area contributed by atoms with Gasteiger partial charge in [0.1, 0.15) is 5.37 Å². The van der Waals surface area contributed by atoms with Crippen molar-refractivity contribution in [1.82, 2.24) is 10.2 Å².